The number of rotatable bonds is 8. The Hall–Kier alpha value is -0.340. The molecule has 0 aromatic heterocycles. The van der Waals surface area contributed by atoms with Crippen LogP contribution in [0.5, 0.6) is 0 Å². The van der Waals surface area contributed by atoms with Gasteiger partial charge >= 0.3 is 6.18 Å². The highest BCUT2D eigenvalue weighted by Crippen LogP contribution is 2.20. The molecule has 110 valence electrons. The smallest absolute Gasteiger partial charge is 0.314 e. The maximum absolute atomic E-state index is 12.0. The minimum atomic E-state index is -4.33. The van der Waals surface area contributed by atoms with Crippen molar-refractivity contribution in [3.63, 3.8) is 0 Å². The normalized spacial score (nSPS) is 13.6. The van der Waals surface area contributed by atoms with E-state index >= 15 is 0 Å². The average molecular weight is 290 g/mol. The van der Waals surface area contributed by atoms with E-state index in [2.05, 4.69) is 5.32 Å². The van der Waals surface area contributed by atoms with Gasteiger partial charge in [0.2, 0.25) is 10.0 Å². The summed E-state index contributed by atoms with van der Waals surface area (Å²) in [6.45, 7) is 3.88. The summed E-state index contributed by atoms with van der Waals surface area (Å²) in [6, 6.07) is 0.260. The van der Waals surface area contributed by atoms with Crippen molar-refractivity contribution >= 4 is 10.0 Å². The van der Waals surface area contributed by atoms with Gasteiger partial charge in [0.1, 0.15) is 0 Å². The molecule has 0 amide bonds. The number of hydrogen-bond acceptors (Lipinski definition) is 3. The fourth-order valence-electron chi connectivity index (χ4n) is 1.22. The van der Waals surface area contributed by atoms with E-state index in [0.29, 0.717) is 13.0 Å². The van der Waals surface area contributed by atoms with Crippen molar-refractivity contribution in [1.82, 2.24) is 9.62 Å². The van der Waals surface area contributed by atoms with Crippen LogP contribution in [0.4, 0.5) is 13.2 Å². The Balaban J connectivity index is 4.04. The third-order valence-corrected chi connectivity index (χ3v) is 4.25. The van der Waals surface area contributed by atoms with Crippen molar-refractivity contribution in [3.8, 4) is 0 Å². The SMILES string of the molecule is CC(C)NCCCS(=O)(=O)N(C)CCC(F)(F)F. The summed E-state index contributed by atoms with van der Waals surface area (Å²) < 4.78 is 59.9. The summed E-state index contributed by atoms with van der Waals surface area (Å²) in [6.07, 6.45) is -5.06. The van der Waals surface area contributed by atoms with E-state index < -0.39 is 29.2 Å². The van der Waals surface area contributed by atoms with Crippen LogP contribution in [0.2, 0.25) is 0 Å². The topological polar surface area (TPSA) is 49.4 Å². The first-order valence-corrected chi connectivity index (χ1v) is 7.39. The van der Waals surface area contributed by atoms with E-state index in [-0.39, 0.29) is 11.8 Å². The first-order chi connectivity index (χ1) is 8.04. The Labute approximate surface area is 107 Å². The van der Waals surface area contributed by atoms with Gasteiger partial charge in [0, 0.05) is 19.6 Å². The predicted octanol–water partition coefficient (Wildman–Crippen LogP) is 1.59. The van der Waals surface area contributed by atoms with Gasteiger partial charge in [-0.1, -0.05) is 13.8 Å². The number of nitrogens with one attached hydrogen (secondary N) is 1. The quantitative estimate of drug-likeness (QED) is 0.691. The van der Waals surface area contributed by atoms with Gasteiger partial charge in [-0.05, 0) is 13.0 Å². The Morgan fingerprint density at radius 1 is 1.28 bits per heavy atom. The molecule has 0 radical (unpaired) electrons. The lowest BCUT2D eigenvalue weighted by Gasteiger charge is -2.18. The maximum Gasteiger partial charge on any atom is 0.390 e. The van der Waals surface area contributed by atoms with Crippen LogP contribution < -0.4 is 5.32 Å². The monoisotopic (exact) mass is 290 g/mol. The van der Waals surface area contributed by atoms with Crippen molar-refractivity contribution in [2.75, 3.05) is 25.9 Å². The lowest BCUT2D eigenvalue weighted by atomic mass is 10.4. The third kappa shape index (κ3) is 8.71. The highest BCUT2D eigenvalue weighted by Gasteiger charge is 2.29. The lowest BCUT2D eigenvalue weighted by Crippen LogP contribution is -2.34. The molecule has 0 saturated heterocycles. The number of sulfonamides is 1. The molecule has 0 fully saturated rings. The van der Waals surface area contributed by atoms with E-state index in [0.717, 1.165) is 4.31 Å². The second-order valence-electron chi connectivity index (χ2n) is 4.47. The number of nitrogens with zero attached hydrogens (tertiary/aromatic N) is 1. The van der Waals surface area contributed by atoms with Crippen LogP contribution in [-0.2, 0) is 10.0 Å². The van der Waals surface area contributed by atoms with E-state index in [1.54, 1.807) is 0 Å². The van der Waals surface area contributed by atoms with E-state index in [1.807, 2.05) is 13.8 Å². The standard InChI is InChI=1S/C10H21F3N2O2S/c1-9(2)14-6-4-8-18(16,17)15(3)7-5-10(11,12)13/h9,14H,4-8H2,1-3H3. The van der Waals surface area contributed by atoms with Crippen LogP contribution in [0.25, 0.3) is 0 Å². The molecule has 0 aromatic carbocycles. The molecule has 18 heavy (non-hydrogen) atoms. The fourth-order valence-corrected chi connectivity index (χ4v) is 2.41. The van der Waals surface area contributed by atoms with Crippen molar-refractivity contribution in [3.05, 3.63) is 0 Å². The molecule has 0 aromatic rings. The van der Waals surface area contributed by atoms with Crippen molar-refractivity contribution in [1.29, 1.82) is 0 Å². The molecule has 0 spiro atoms. The zero-order valence-corrected chi connectivity index (χ0v) is 11.7. The third-order valence-electron chi connectivity index (χ3n) is 2.32. The average Bonchev–Trinajstić information content (AvgIpc) is 2.19. The Morgan fingerprint density at radius 2 is 1.83 bits per heavy atom. The molecule has 0 aliphatic carbocycles. The summed E-state index contributed by atoms with van der Waals surface area (Å²) in [7, 11) is -2.41. The van der Waals surface area contributed by atoms with Crippen molar-refractivity contribution in [2.45, 2.75) is 38.9 Å². The maximum atomic E-state index is 12.0. The summed E-state index contributed by atoms with van der Waals surface area (Å²) in [5.41, 5.74) is 0. The largest absolute Gasteiger partial charge is 0.390 e. The fraction of sp³-hybridized carbons (Fsp3) is 1.00. The molecule has 8 heteroatoms. The van der Waals surface area contributed by atoms with Gasteiger partial charge in [-0.15, -0.1) is 0 Å². The number of halogens is 3. The molecule has 0 rings (SSSR count). The minimum Gasteiger partial charge on any atom is -0.314 e. The van der Waals surface area contributed by atoms with E-state index in [9.17, 15) is 21.6 Å². The Bertz CT molecular complexity index is 329. The van der Waals surface area contributed by atoms with Crippen LogP contribution in [0.3, 0.4) is 0 Å². The van der Waals surface area contributed by atoms with E-state index in [4.69, 9.17) is 0 Å². The lowest BCUT2D eigenvalue weighted by molar-refractivity contribution is -0.135. The van der Waals surface area contributed by atoms with Crippen LogP contribution in [-0.4, -0.2) is 50.8 Å². The highest BCUT2D eigenvalue weighted by molar-refractivity contribution is 7.89. The first-order valence-electron chi connectivity index (χ1n) is 5.79. The van der Waals surface area contributed by atoms with Gasteiger partial charge in [0.25, 0.3) is 0 Å². The molecule has 0 atom stereocenters. The molecule has 0 bridgehead atoms. The summed E-state index contributed by atoms with van der Waals surface area (Å²) in [5.74, 6) is -0.138. The molecule has 4 nitrogen and oxygen atoms in total. The molecule has 0 heterocycles. The molecule has 1 N–H and O–H groups in total. The predicted molar refractivity (Wildman–Crippen MR) is 64.8 cm³/mol. The molecule has 0 saturated carbocycles. The van der Waals surface area contributed by atoms with Gasteiger partial charge < -0.3 is 5.32 Å². The molecule has 0 unspecified atom stereocenters. The van der Waals surface area contributed by atoms with Gasteiger partial charge in [-0.2, -0.15) is 13.2 Å². The highest BCUT2D eigenvalue weighted by atomic mass is 32.2. The minimum absolute atomic E-state index is 0.138. The summed E-state index contributed by atoms with van der Waals surface area (Å²) >= 11 is 0. The Kier molecular flexibility index (Phi) is 7.16. The second kappa shape index (κ2) is 7.30. The molecule has 0 aliphatic rings. The van der Waals surface area contributed by atoms with Gasteiger partial charge in [0.15, 0.2) is 0 Å². The number of hydrogen-bond donors (Lipinski definition) is 1. The van der Waals surface area contributed by atoms with Crippen LogP contribution in [0.15, 0.2) is 0 Å². The summed E-state index contributed by atoms with van der Waals surface area (Å²) in [4.78, 5) is 0. The first kappa shape index (κ1) is 17.7. The zero-order valence-electron chi connectivity index (χ0n) is 10.9. The molecular formula is C10H21F3N2O2S. The molecule has 0 aliphatic heterocycles. The number of alkyl halides is 3. The summed E-state index contributed by atoms with van der Waals surface area (Å²) in [5, 5.41) is 3.05. The van der Waals surface area contributed by atoms with E-state index in [1.165, 1.54) is 7.05 Å². The Morgan fingerprint density at radius 3 is 2.28 bits per heavy atom. The van der Waals surface area contributed by atoms with Crippen molar-refractivity contribution < 1.29 is 21.6 Å². The molecular weight excluding hydrogens is 269 g/mol. The van der Waals surface area contributed by atoms with Crippen LogP contribution in [0.1, 0.15) is 26.7 Å². The van der Waals surface area contributed by atoms with Gasteiger partial charge in [-0.25, -0.2) is 12.7 Å². The van der Waals surface area contributed by atoms with Gasteiger partial charge in [0.05, 0.1) is 12.2 Å². The second-order valence-corrected chi connectivity index (χ2v) is 6.66. The zero-order chi connectivity index (χ0) is 14.4. The van der Waals surface area contributed by atoms with Crippen molar-refractivity contribution in [2.24, 2.45) is 0 Å². The van der Waals surface area contributed by atoms with Crippen LogP contribution in [0, 0.1) is 0 Å². The van der Waals surface area contributed by atoms with Gasteiger partial charge in [-0.3, -0.25) is 0 Å². The van der Waals surface area contributed by atoms with Crippen LogP contribution >= 0.6 is 0 Å².